The van der Waals surface area contributed by atoms with E-state index in [9.17, 15) is 0 Å². The first-order valence-electron chi connectivity index (χ1n) is 5.50. The second-order valence-corrected chi connectivity index (χ2v) is 4.12. The molecule has 1 fully saturated rings. The van der Waals surface area contributed by atoms with Crippen molar-refractivity contribution in [1.82, 2.24) is 5.32 Å². The Morgan fingerprint density at radius 1 is 1.38 bits per heavy atom. The van der Waals surface area contributed by atoms with Crippen LogP contribution in [0.2, 0.25) is 0 Å². The molecule has 1 N–H and O–H groups in total. The van der Waals surface area contributed by atoms with Crippen LogP contribution in [0.1, 0.15) is 33.1 Å². The van der Waals surface area contributed by atoms with Crippen LogP contribution in [0.15, 0.2) is 23.9 Å². The highest BCUT2D eigenvalue weighted by Gasteiger charge is 2.36. The van der Waals surface area contributed by atoms with Crippen molar-refractivity contribution in [2.75, 3.05) is 0 Å². The van der Waals surface area contributed by atoms with Crippen LogP contribution in [0.25, 0.3) is 0 Å². The Morgan fingerprint density at radius 3 is 2.92 bits per heavy atom. The van der Waals surface area contributed by atoms with Gasteiger partial charge in [0.2, 0.25) is 0 Å². The monoisotopic (exact) mass is 177 g/mol. The molecule has 0 bridgehead atoms. The van der Waals surface area contributed by atoms with E-state index in [-0.39, 0.29) is 0 Å². The van der Waals surface area contributed by atoms with E-state index in [1.165, 1.54) is 25.0 Å². The molecule has 1 heterocycles. The lowest BCUT2D eigenvalue weighted by atomic mass is 9.82. The second-order valence-electron chi connectivity index (χ2n) is 4.12. The van der Waals surface area contributed by atoms with Crippen LogP contribution in [0.5, 0.6) is 0 Å². The summed E-state index contributed by atoms with van der Waals surface area (Å²) >= 11 is 0. The van der Waals surface area contributed by atoms with E-state index in [2.05, 4.69) is 37.4 Å². The molecule has 3 unspecified atom stereocenters. The van der Waals surface area contributed by atoms with E-state index in [1.54, 1.807) is 0 Å². The molecule has 0 aromatic rings. The molecule has 2 aliphatic rings. The van der Waals surface area contributed by atoms with Crippen molar-refractivity contribution < 1.29 is 0 Å². The largest absolute Gasteiger partial charge is 0.385 e. The summed E-state index contributed by atoms with van der Waals surface area (Å²) in [6.07, 6.45) is 10.5. The topological polar surface area (TPSA) is 12.0 Å². The summed E-state index contributed by atoms with van der Waals surface area (Å²) in [5.41, 5.74) is 1.49. The van der Waals surface area contributed by atoms with Crippen molar-refractivity contribution in [2.45, 2.75) is 39.2 Å². The van der Waals surface area contributed by atoms with Crippen LogP contribution < -0.4 is 5.32 Å². The van der Waals surface area contributed by atoms with Crippen molar-refractivity contribution in [3.8, 4) is 0 Å². The maximum absolute atomic E-state index is 3.65. The lowest BCUT2D eigenvalue weighted by molar-refractivity contribution is 0.352. The molecule has 2 rings (SSSR count). The minimum atomic E-state index is 0.723. The normalized spacial score (nSPS) is 36.8. The summed E-state index contributed by atoms with van der Waals surface area (Å²) < 4.78 is 0. The van der Waals surface area contributed by atoms with Gasteiger partial charge < -0.3 is 5.32 Å². The minimum absolute atomic E-state index is 0.723. The van der Waals surface area contributed by atoms with Gasteiger partial charge in [-0.2, -0.15) is 0 Å². The van der Waals surface area contributed by atoms with Gasteiger partial charge in [0.1, 0.15) is 0 Å². The van der Waals surface area contributed by atoms with Gasteiger partial charge in [-0.1, -0.05) is 32.4 Å². The van der Waals surface area contributed by atoms with E-state index >= 15 is 0 Å². The molecular weight excluding hydrogens is 158 g/mol. The molecule has 1 heteroatoms. The third-order valence-electron chi connectivity index (χ3n) is 3.50. The first-order chi connectivity index (χ1) is 6.36. The lowest BCUT2D eigenvalue weighted by Gasteiger charge is -2.20. The van der Waals surface area contributed by atoms with Crippen molar-refractivity contribution in [2.24, 2.45) is 11.8 Å². The van der Waals surface area contributed by atoms with Gasteiger partial charge in [-0.15, -0.1) is 0 Å². The number of hydrogen-bond donors (Lipinski definition) is 1. The SMILES string of the molecule is CCC1NC2=CC=CCC2C1CC. The zero-order valence-corrected chi connectivity index (χ0v) is 8.59. The maximum atomic E-state index is 3.65. The fourth-order valence-electron chi connectivity index (χ4n) is 2.78. The zero-order valence-electron chi connectivity index (χ0n) is 8.59. The van der Waals surface area contributed by atoms with Crippen molar-refractivity contribution in [3.63, 3.8) is 0 Å². The van der Waals surface area contributed by atoms with Gasteiger partial charge in [0.25, 0.3) is 0 Å². The average Bonchev–Trinajstić information content (AvgIpc) is 2.55. The molecule has 0 spiro atoms. The lowest BCUT2D eigenvalue weighted by Crippen LogP contribution is -2.25. The highest BCUT2D eigenvalue weighted by molar-refractivity contribution is 5.25. The molecule has 1 aliphatic heterocycles. The van der Waals surface area contributed by atoms with Gasteiger partial charge >= 0.3 is 0 Å². The fraction of sp³-hybridized carbons (Fsp3) is 0.667. The Hall–Kier alpha value is -0.720. The smallest absolute Gasteiger partial charge is 0.0290 e. The Morgan fingerprint density at radius 2 is 2.23 bits per heavy atom. The predicted octanol–water partition coefficient (Wildman–Crippen LogP) is 2.85. The number of allylic oxidation sites excluding steroid dienone is 4. The number of nitrogens with one attached hydrogen (secondary N) is 1. The molecule has 0 saturated carbocycles. The molecule has 3 atom stereocenters. The molecule has 1 aliphatic carbocycles. The number of hydrogen-bond acceptors (Lipinski definition) is 1. The van der Waals surface area contributed by atoms with Gasteiger partial charge in [-0.05, 0) is 24.8 Å². The summed E-state index contributed by atoms with van der Waals surface area (Å²) in [5, 5.41) is 3.65. The second kappa shape index (κ2) is 3.57. The summed E-state index contributed by atoms with van der Waals surface area (Å²) in [6.45, 7) is 4.60. The van der Waals surface area contributed by atoms with Crippen LogP contribution in [-0.4, -0.2) is 6.04 Å². The Bertz CT molecular complexity index is 240. The molecule has 72 valence electrons. The van der Waals surface area contributed by atoms with E-state index in [4.69, 9.17) is 0 Å². The molecule has 1 nitrogen and oxygen atoms in total. The Kier molecular flexibility index (Phi) is 2.43. The third-order valence-corrected chi connectivity index (χ3v) is 3.50. The highest BCUT2D eigenvalue weighted by atomic mass is 15.0. The van der Waals surface area contributed by atoms with Gasteiger partial charge in [-0.25, -0.2) is 0 Å². The quantitative estimate of drug-likeness (QED) is 0.684. The third kappa shape index (κ3) is 1.41. The van der Waals surface area contributed by atoms with E-state index in [0.717, 1.165) is 17.9 Å². The molecule has 0 radical (unpaired) electrons. The van der Waals surface area contributed by atoms with Crippen molar-refractivity contribution in [3.05, 3.63) is 23.9 Å². The van der Waals surface area contributed by atoms with Gasteiger partial charge in [-0.3, -0.25) is 0 Å². The highest BCUT2D eigenvalue weighted by Crippen LogP contribution is 2.38. The molecule has 1 saturated heterocycles. The molecule has 13 heavy (non-hydrogen) atoms. The maximum Gasteiger partial charge on any atom is 0.0290 e. The van der Waals surface area contributed by atoms with E-state index in [0.29, 0.717) is 0 Å². The number of rotatable bonds is 2. The molecular formula is C12H19N. The van der Waals surface area contributed by atoms with Gasteiger partial charge in [0.15, 0.2) is 0 Å². The van der Waals surface area contributed by atoms with E-state index in [1.807, 2.05) is 0 Å². The van der Waals surface area contributed by atoms with Crippen LogP contribution in [-0.2, 0) is 0 Å². The minimum Gasteiger partial charge on any atom is -0.385 e. The Labute approximate surface area is 80.9 Å². The summed E-state index contributed by atoms with van der Waals surface area (Å²) in [4.78, 5) is 0. The van der Waals surface area contributed by atoms with E-state index < -0.39 is 0 Å². The van der Waals surface area contributed by atoms with Crippen LogP contribution in [0.4, 0.5) is 0 Å². The predicted molar refractivity (Wildman–Crippen MR) is 56.3 cm³/mol. The van der Waals surface area contributed by atoms with Gasteiger partial charge in [0.05, 0.1) is 0 Å². The van der Waals surface area contributed by atoms with Crippen molar-refractivity contribution in [1.29, 1.82) is 0 Å². The molecule has 0 aromatic heterocycles. The Balaban J connectivity index is 2.17. The van der Waals surface area contributed by atoms with Crippen LogP contribution >= 0.6 is 0 Å². The molecule has 0 aromatic carbocycles. The average molecular weight is 177 g/mol. The van der Waals surface area contributed by atoms with Gasteiger partial charge in [0, 0.05) is 17.7 Å². The summed E-state index contributed by atoms with van der Waals surface area (Å²) in [5.74, 6) is 1.65. The number of fused-ring (bicyclic) bond motifs is 1. The first kappa shape index (κ1) is 8.86. The summed E-state index contributed by atoms with van der Waals surface area (Å²) in [6, 6.07) is 0.723. The standard InChI is InChI=1S/C12H19N/c1-3-9-10-7-5-6-8-12(10)13-11(9)4-2/h5-6,8-11,13H,3-4,7H2,1-2H3. The van der Waals surface area contributed by atoms with Crippen LogP contribution in [0.3, 0.4) is 0 Å². The fourth-order valence-corrected chi connectivity index (χ4v) is 2.78. The zero-order chi connectivity index (χ0) is 9.26. The first-order valence-corrected chi connectivity index (χ1v) is 5.50. The molecule has 0 amide bonds. The van der Waals surface area contributed by atoms with Crippen LogP contribution in [0, 0.1) is 11.8 Å². The summed E-state index contributed by atoms with van der Waals surface area (Å²) in [7, 11) is 0. The van der Waals surface area contributed by atoms with Crippen molar-refractivity contribution >= 4 is 0 Å².